The summed E-state index contributed by atoms with van der Waals surface area (Å²) in [6, 6.07) is 0. The van der Waals surface area contributed by atoms with E-state index in [0.717, 1.165) is 10.6 Å². The first-order valence-electron chi connectivity index (χ1n) is 8.19. The van der Waals surface area contributed by atoms with E-state index in [0.29, 0.717) is 5.57 Å². The Balaban J connectivity index is 2.07. The molecule has 1 spiro atoms. The first-order valence-corrected chi connectivity index (χ1v) is 10.0. The van der Waals surface area contributed by atoms with Crippen LogP contribution < -0.4 is 0 Å². The van der Waals surface area contributed by atoms with Gasteiger partial charge in [0.25, 0.3) is 0 Å². The van der Waals surface area contributed by atoms with Gasteiger partial charge < -0.3 is 4.74 Å². The molecular weight excluding hydrogens is 346 g/mol. The van der Waals surface area contributed by atoms with Crippen LogP contribution in [-0.2, 0) is 29.1 Å². The summed E-state index contributed by atoms with van der Waals surface area (Å²) in [5.41, 5.74) is -1.83. The Morgan fingerprint density at radius 3 is 2.68 bits per heavy atom. The summed E-state index contributed by atoms with van der Waals surface area (Å²) in [5, 5.41) is 0. The van der Waals surface area contributed by atoms with E-state index in [9.17, 15) is 22.8 Å². The van der Waals surface area contributed by atoms with Crippen LogP contribution in [0.1, 0.15) is 33.1 Å². The molecule has 0 aromatic heterocycles. The maximum absolute atomic E-state index is 13.2. The summed E-state index contributed by atoms with van der Waals surface area (Å²) < 4.78 is 30.5. The number of fused-ring (bicyclic) bond motifs is 2. The van der Waals surface area contributed by atoms with Gasteiger partial charge in [-0.3, -0.25) is 9.59 Å². The van der Waals surface area contributed by atoms with Crippen molar-refractivity contribution in [3.05, 3.63) is 23.8 Å². The molecule has 8 heteroatoms. The molecule has 1 saturated heterocycles. The summed E-state index contributed by atoms with van der Waals surface area (Å²) >= 11 is 0. The molecule has 1 heterocycles. The van der Waals surface area contributed by atoms with Gasteiger partial charge in [0, 0.05) is 17.9 Å². The van der Waals surface area contributed by atoms with Crippen LogP contribution in [0.15, 0.2) is 23.8 Å². The summed E-state index contributed by atoms with van der Waals surface area (Å²) in [4.78, 5) is 37.3. The lowest BCUT2D eigenvalue weighted by Gasteiger charge is -2.39. The molecule has 1 amide bonds. The monoisotopic (exact) mass is 367 g/mol. The molecule has 2 aliphatic carbocycles. The third-order valence-corrected chi connectivity index (χ3v) is 6.74. The van der Waals surface area contributed by atoms with E-state index >= 15 is 0 Å². The quantitative estimate of drug-likeness (QED) is 0.689. The molecule has 1 fully saturated rings. The summed E-state index contributed by atoms with van der Waals surface area (Å²) in [6.07, 6.45) is 5.89. The number of ether oxygens (including phenoxy) is 1. The maximum Gasteiger partial charge on any atom is 0.333 e. The first-order chi connectivity index (χ1) is 11.6. The van der Waals surface area contributed by atoms with Gasteiger partial charge >= 0.3 is 5.97 Å². The highest BCUT2D eigenvalue weighted by atomic mass is 32.2. The van der Waals surface area contributed by atoms with E-state index in [1.54, 1.807) is 19.9 Å². The molecule has 0 aromatic rings. The number of hydrogen-bond acceptors (Lipinski definition) is 6. The zero-order valence-corrected chi connectivity index (χ0v) is 15.3. The number of carbonyl (C=O) groups excluding carboxylic acids is 3. The molecule has 0 radical (unpaired) electrons. The average molecular weight is 367 g/mol. The highest BCUT2D eigenvalue weighted by Gasteiger charge is 2.68. The number of nitrogens with zero attached hydrogens (tertiary/aromatic N) is 1. The Morgan fingerprint density at radius 2 is 2.08 bits per heavy atom. The first kappa shape index (κ1) is 17.8. The number of rotatable bonds is 3. The van der Waals surface area contributed by atoms with Crippen molar-refractivity contribution in [2.24, 2.45) is 11.3 Å². The molecule has 136 valence electrons. The summed E-state index contributed by atoms with van der Waals surface area (Å²) in [5.74, 6) is -1.70. The van der Waals surface area contributed by atoms with Crippen molar-refractivity contribution >= 4 is 27.7 Å². The minimum atomic E-state index is -3.83. The van der Waals surface area contributed by atoms with Crippen LogP contribution in [0.5, 0.6) is 0 Å². The van der Waals surface area contributed by atoms with Crippen molar-refractivity contribution in [2.45, 2.75) is 38.6 Å². The standard InChI is InChI=1S/C17H21NO6S/c1-4-24-14(20)11-5-8-17(10-11)13-9-12(19)6-7-16(13,2)18(15(17)21)25(3,22)23/h5-7,13H,4,8-10H2,1-3H3/t13-,16+,17-/m0/s1. The Bertz CT molecular complexity index is 826. The fourth-order valence-corrected chi connectivity index (χ4v) is 5.88. The molecular formula is C17H21NO6S. The highest BCUT2D eigenvalue weighted by Crippen LogP contribution is 2.59. The van der Waals surface area contributed by atoms with Gasteiger partial charge in [0.1, 0.15) is 0 Å². The van der Waals surface area contributed by atoms with Crippen molar-refractivity contribution < 1.29 is 27.5 Å². The van der Waals surface area contributed by atoms with Gasteiger partial charge in [0.15, 0.2) is 5.78 Å². The predicted molar refractivity (Wildman–Crippen MR) is 88.7 cm³/mol. The molecule has 0 aromatic carbocycles. The summed E-state index contributed by atoms with van der Waals surface area (Å²) in [7, 11) is -3.83. The number of ketones is 1. The molecule has 1 aliphatic heterocycles. The van der Waals surface area contributed by atoms with Gasteiger partial charge in [-0.25, -0.2) is 17.5 Å². The second-order valence-corrected chi connectivity index (χ2v) is 8.93. The molecule has 0 unspecified atom stereocenters. The average Bonchev–Trinajstić information content (AvgIpc) is 3.01. The van der Waals surface area contributed by atoms with Crippen LogP contribution in [0, 0.1) is 11.3 Å². The topological polar surface area (TPSA) is 97.8 Å². The van der Waals surface area contributed by atoms with Crippen molar-refractivity contribution in [1.82, 2.24) is 4.31 Å². The molecule has 3 aliphatic rings. The van der Waals surface area contributed by atoms with Crippen LogP contribution in [0.2, 0.25) is 0 Å². The third kappa shape index (κ3) is 2.46. The van der Waals surface area contributed by atoms with E-state index in [-0.39, 0.29) is 31.7 Å². The predicted octanol–water partition coefficient (Wildman–Crippen LogP) is 0.962. The number of carbonyl (C=O) groups is 3. The third-order valence-electron chi connectivity index (χ3n) is 5.52. The fourth-order valence-electron chi connectivity index (χ4n) is 4.49. The van der Waals surface area contributed by atoms with Crippen molar-refractivity contribution in [2.75, 3.05) is 12.9 Å². The van der Waals surface area contributed by atoms with E-state index in [4.69, 9.17) is 4.74 Å². The fraction of sp³-hybridized carbons (Fsp3) is 0.588. The van der Waals surface area contributed by atoms with E-state index in [1.807, 2.05) is 0 Å². The van der Waals surface area contributed by atoms with E-state index < -0.39 is 38.8 Å². The number of esters is 1. The Hall–Kier alpha value is -1.96. The maximum atomic E-state index is 13.2. The van der Waals surface area contributed by atoms with Gasteiger partial charge in [-0.15, -0.1) is 0 Å². The second-order valence-electron chi connectivity index (χ2n) is 7.10. The zero-order chi connectivity index (χ0) is 18.6. The lowest BCUT2D eigenvalue weighted by Crippen LogP contribution is -2.49. The van der Waals surface area contributed by atoms with Gasteiger partial charge in [-0.1, -0.05) is 12.2 Å². The molecule has 7 nitrogen and oxygen atoms in total. The van der Waals surface area contributed by atoms with Crippen LogP contribution in [0.4, 0.5) is 0 Å². The van der Waals surface area contributed by atoms with Crippen molar-refractivity contribution in [3.8, 4) is 0 Å². The molecule has 0 bridgehead atoms. The van der Waals surface area contributed by atoms with Crippen LogP contribution in [0.3, 0.4) is 0 Å². The lowest BCUT2D eigenvalue weighted by atomic mass is 9.64. The van der Waals surface area contributed by atoms with E-state index in [1.165, 1.54) is 12.2 Å². The normalized spacial score (nSPS) is 34.4. The molecule has 0 saturated carbocycles. The minimum absolute atomic E-state index is 0.0781. The number of allylic oxidation sites excluding steroid dienone is 2. The number of amides is 1. The van der Waals surface area contributed by atoms with Gasteiger partial charge in [0.2, 0.25) is 15.9 Å². The van der Waals surface area contributed by atoms with Crippen LogP contribution in [-0.4, -0.2) is 48.8 Å². The number of sulfonamides is 1. The SMILES string of the molecule is CCOC(=O)C1=CC[C@@]2(C1)C(=O)N(S(C)(=O)=O)[C@]1(C)C=CC(=O)C[C@H]21. The summed E-state index contributed by atoms with van der Waals surface area (Å²) in [6.45, 7) is 3.57. The molecule has 3 rings (SSSR count). The Kier molecular flexibility index (Phi) is 3.94. The highest BCUT2D eigenvalue weighted by molar-refractivity contribution is 7.89. The smallest absolute Gasteiger partial charge is 0.333 e. The van der Waals surface area contributed by atoms with Crippen LogP contribution in [0.25, 0.3) is 0 Å². The van der Waals surface area contributed by atoms with Gasteiger partial charge in [0.05, 0.1) is 23.8 Å². The Labute approximate surface area is 146 Å². The van der Waals surface area contributed by atoms with Crippen molar-refractivity contribution in [1.29, 1.82) is 0 Å². The van der Waals surface area contributed by atoms with Gasteiger partial charge in [-0.05, 0) is 32.8 Å². The Morgan fingerprint density at radius 1 is 1.40 bits per heavy atom. The molecule has 25 heavy (non-hydrogen) atoms. The van der Waals surface area contributed by atoms with Crippen LogP contribution >= 0.6 is 0 Å². The zero-order valence-electron chi connectivity index (χ0n) is 14.4. The lowest BCUT2D eigenvalue weighted by molar-refractivity contribution is -0.139. The molecule has 3 atom stereocenters. The van der Waals surface area contributed by atoms with E-state index in [2.05, 4.69) is 0 Å². The number of hydrogen-bond donors (Lipinski definition) is 0. The van der Waals surface area contributed by atoms with Crippen molar-refractivity contribution in [3.63, 3.8) is 0 Å². The molecule has 0 N–H and O–H groups in total. The largest absolute Gasteiger partial charge is 0.463 e. The minimum Gasteiger partial charge on any atom is -0.463 e. The second kappa shape index (κ2) is 5.52. The van der Waals surface area contributed by atoms with Gasteiger partial charge in [-0.2, -0.15) is 0 Å².